The molecule has 0 unspecified atom stereocenters. The van der Waals surface area contributed by atoms with Gasteiger partial charge in [0.05, 0.1) is 9.77 Å². The summed E-state index contributed by atoms with van der Waals surface area (Å²) in [5.41, 5.74) is 0.667. The summed E-state index contributed by atoms with van der Waals surface area (Å²) in [5, 5.41) is 4.18. The Morgan fingerprint density at radius 2 is 1.86 bits per heavy atom. The summed E-state index contributed by atoms with van der Waals surface area (Å²) in [6.07, 6.45) is 0. The third kappa shape index (κ3) is 4.13. The van der Waals surface area contributed by atoms with Gasteiger partial charge in [-0.3, -0.25) is 4.79 Å². The van der Waals surface area contributed by atoms with Crippen molar-refractivity contribution >= 4 is 33.0 Å². The number of hydrogen-bond acceptors (Lipinski definition) is 4. The number of rotatable bonds is 5. The molecule has 2 aromatic rings. The molecule has 2 rings (SSSR count). The Morgan fingerprint density at radius 3 is 2.48 bits per heavy atom. The van der Waals surface area contributed by atoms with Crippen molar-refractivity contribution in [2.24, 2.45) is 0 Å². The Labute approximate surface area is 128 Å². The molecule has 21 heavy (non-hydrogen) atoms. The van der Waals surface area contributed by atoms with Gasteiger partial charge in [0.1, 0.15) is 0 Å². The molecule has 112 valence electrons. The molecule has 5 nitrogen and oxygen atoms in total. The standard InChI is InChI=1S/C14H16N2O3S2/c1-10(2)16-21(18,19)12-8-13(20-9-12)14(17)15-11-6-4-3-5-7-11/h3-10,16H,1-2H3,(H,15,17). The molecule has 0 aliphatic carbocycles. The quantitative estimate of drug-likeness (QED) is 0.888. The molecule has 7 heteroatoms. The van der Waals surface area contributed by atoms with Crippen LogP contribution in [0, 0.1) is 0 Å². The highest BCUT2D eigenvalue weighted by atomic mass is 32.2. The van der Waals surface area contributed by atoms with E-state index in [0.29, 0.717) is 10.6 Å². The first-order valence-electron chi connectivity index (χ1n) is 6.36. The minimum Gasteiger partial charge on any atom is -0.321 e. The van der Waals surface area contributed by atoms with Crippen molar-refractivity contribution in [1.82, 2.24) is 4.72 Å². The maximum atomic E-state index is 12.1. The molecule has 0 fully saturated rings. The SMILES string of the molecule is CC(C)NS(=O)(=O)c1csc(C(=O)Nc2ccccc2)c1. The number of anilines is 1. The summed E-state index contributed by atoms with van der Waals surface area (Å²) < 4.78 is 26.5. The topological polar surface area (TPSA) is 75.3 Å². The number of sulfonamides is 1. The maximum Gasteiger partial charge on any atom is 0.265 e. The van der Waals surface area contributed by atoms with Crippen LogP contribution in [0.2, 0.25) is 0 Å². The Morgan fingerprint density at radius 1 is 1.19 bits per heavy atom. The second-order valence-corrected chi connectivity index (χ2v) is 7.37. The van der Waals surface area contributed by atoms with Crippen molar-refractivity contribution in [3.63, 3.8) is 0 Å². The van der Waals surface area contributed by atoms with Crippen LogP contribution in [0.5, 0.6) is 0 Å². The number of carbonyl (C=O) groups is 1. The van der Waals surface area contributed by atoms with E-state index in [0.717, 1.165) is 11.3 Å². The number of thiophene rings is 1. The van der Waals surface area contributed by atoms with Crippen molar-refractivity contribution in [2.45, 2.75) is 24.8 Å². The molecule has 0 aliphatic heterocycles. The molecule has 1 amide bonds. The van der Waals surface area contributed by atoms with Crippen molar-refractivity contribution in [3.05, 3.63) is 46.7 Å². The molecule has 0 saturated heterocycles. The van der Waals surface area contributed by atoms with Crippen molar-refractivity contribution in [3.8, 4) is 0 Å². The minimum absolute atomic E-state index is 0.111. The highest BCUT2D eigenvalue weighted by molar-refractivity contribution is 7.89. The van der Waals surface area contributed by atoms with Crippen LogP contribution in [-0.4, -0.2) is 20.4 Å². The Bertz CT molecular complexity index is 722. The second-order valence-electron chi connectivity index (χ2n) is 4.74. The molecule has 0 radical (unpaired) electrons. The average Bonchev–Trinajstić information content (AvgIpc) is 2.88. The first kappa shape index (κ1) is 15.7. The van der Waals surface area contributed by atoms with Gasteiger partial charge in [0, 0.05) is 17.1 Å². The average molecular weight is 324 g/mol. The van der Waals surface area contributed by atoms with Crippen LogP contribution in [0.3, 0.4) is 0 Å². The predicted octanol–water partition coefficient (Wildman–Crippen LogP) is 2.69. The van der Waals surface area contributed by atoms with Gasteiger partial charge in [0.25, 0.3) is 5.91 Å². The van der Waals surface area contributed by atoms with Gasteiger partial charge in [-0.1, -0.05) is 18.2 Å². The maximum absolute atomic E-state index is 12.1. The van der Waals surface area contributed by atoms with E-state index in [1.54, 1.807) is 26.0 Å². The van der Waals surface area contributed by atoms with Gasteiger partial charge >= 0.3 is 0 Å². The number of benzene rings is 1. The van der Waals surface area contributed by atoms with E-state index >= 15 is 0 Å². The lowest BCUT2D eigenvalue weighted by atomic mass is 10.3. The normalized spacial score (nSPS) is 11.6. The number of nitrogens with one attached hydrogen (secondary N) is 2. The molecule has 1 aromatic heterocycles. The van der Waals surface area contributed by atoms with Crippen LogP contribution in [0.4, 0.5) is 5.69 Å². The van der Waals surface area contributed by atoms with Crippen LogP contribution in [0.1, 0.15) is 23.5 Å². The van der Waals surface area contributed by atoms with E-state index in [9.17, 15) is 13.2 Å². The van der Waals surface area contributed by atoms with Gasteiger partial charge < -0.3 is 5.32 Å². The first-order chi connectivity index (χ1) is 9.88. The number of amides is 1. The van der Waals surface area contributed by atoms with Crippen molar-refractivity contribution in [2.75, 3.05) is 5.32 Å². The zero-order valence-electron chi connectivity index (χ0n) is 11.7. The lowest BCUT2D eigenvalue weighted by Gasteiger charge is -2.07. The zero-order chi connectivity index (χ0) is 15.5. The third-order valence-electron chi connectivity index (χ3n) is 2.53. The fraction of sp³-hybridized carbons (Fsp3) is 0.214. The van der Waals surface area contributed by atoms with Crippen LogP contribution in [-0.2, 0) is 10.0 Å². The molecule has 0 atom stereocenters. The summed E-state index contributed by atoms with van der Waals surface area (Å²) in [6.45, 7) is 3.49. The highest BCUT2D eigenvalue weighted by Crippen LogP contribution is 2.20. The first-order valence-corrected chi connectivity index (χ1v) is 8.72. The van der Waals surface area contributed by atoms with Crippen LogP contribution < -0.4 is 10.0 Å². The van der Waals surface area contributed by atoms with Gasteiger partial charge in [-0.25, -0.2) is 13.1 Å². The summed E-state index contributed by atoms with van der Waals surface area (Å²) in [5.74, 6) is -0.322. The van der Waals surface area contributed by atoms with Gasteiger partial charge in [-0.05, 0) is 32.0 Å². The zero-order valence-corrected chi connectivity index (χ0v) is 13.3. The molecule has 1 aromatic carbocycles. The number of hydrogen-bond donors (Lipinski definition) is 2. The lowest BCUT2D eigenvalue weighted by Crippen LogP contribution is -2.29. The molecule has 0 aliphatic rings. The van der Waals surface area contributed by atoms with E-state index < -0.39 is 10.0 Å². The van der Waals surface area contributed by atoms with Crippen LogP contribution in [0.25, 0.3) is 0 Å². The molecule has 0 spiro atoms. The fourth-order valence-corrected chi connectivity index (χ4v) is 4.09. The highest BCUT2D eigenvalue weighted by Gasteiger charge is 2.19. The van der Waals surface area contributed by atoms with Crippen LogP contribution >= 0.6 is 11.3 Å². The molecule has 2 N–H and O–H groups in total. The van der Waals surface area contributed by atoms with Gasteiger partial charge in [-0.2, -0.15) is 0 Å². The summed E-state index contributed by atoms with van der Waals surface area (Å²) in [6, 6.07) is 10.2. The van der Waals surface area contributed by atoms with E-state index in [2.05, 4.69) is 10.0 Å². The number of carbonyl (C=O) groups excluding carboxylic acids is 1. The van der Waals surface area contributed by atoms with E-state index in [1.807, 2.05) is 18.2 Å². The Balaban J connectivity index is 2.15. The molecular formula is C14H16N2O3S2. The monoisotopic (exact) mass is 324 g/mol. The summed E-state index contributed by atoms with van der Waals surface area (Å²) >= 11 is 1.10. The van der Waals surface area contributed by atoms with Crippen molar-refractivity contribution < 1.29 is 13.2 Å². The molecular weight excluding hydrogens is 308 g/mol. The lowest BCUT2D eigenvalue weighted by molar-refractivity contribution is 0.103. The van der Waals surface area contributed by atoms with Crippen LogP contribution in [0.15, 0.2) is 46.7 Å². The smallest absolute Gasteiger partial charge is 0.265 e. The Hall–Kier alpha value is -1.70. The van der Waals surface area contributed by atoms with Gasteiger partial charge in [-0.15, -0.1) is 11.3 Å². The van der Waals surface area contributed by atoms with E-state index in [-0.39, 0.29) is 16.8 Å². The molecule has 0 saturated carbocycles. The van der Waals surface area contributed by atoms with Crippen molar-refractivity contribution in [1.29, 1.82) is 0 Å². The minimum atomic E-state index is -3.56. The third-order valence-corrected chi connectivity index (χ3v) is 5.25. The Kier molecular flexibility index (Phi) is 4.76. The van der Waals surface area contributed by atoms with Gasteiger partial charge in [0.15, 0.2) is 0 Å². The van der Waals surface area contributed by atoms with Gasteiger partial charge in [0.2, 0.25) is 10.0 Å². The molecule has 1 heterocycles. The van der Waals surface area contributed by atoms with E-state index in [1.165, 1.54) is 11.4 Å². The second kappa shape index (κ2) is 6.38. The molecule has 0 bridgehead atoms. The predicted molar refractivity (Wildman–Crippen MR) is 84.2 cm³/mol. The summed E-state index contributed by atoms with van der Waals surface area (Å²) in [7, 11) is -3.56. The largest absolute Gasteiger partial charge is 0.321 e. The fourth-order valence-electron chi connectivity index (χ4n) is 1.67. The van der Waals surface area contributed by atoms with E-state index in [4.69, 9.17) is 0 Å². The summed E-state index contributed by atoms with van der Waals surface area (Å²) in [4.78, 5) is 12.5. The number of para-hydroxylation sites is 1.